The van der Waals surface area contributed by atoms with E-state index in [0.29, 0.717) is 12.5 Å². The van der Waals surface area contributed by atoms with Gasteiger partial charge in [-0.25, -0.2) is 0 Å². The van der Waals surface area contributed by atoms with Crippen molar-refractivity contribution < 1.29 is 9.66 Å². The Kier molecular flexibility index (Phi) is 3.97. The van der Waals surface area contributed by atoms with Gasteiger partial charge in [-0.05, 0) is 18.4 Å². The van der Waals surface area contributed by atoms with Crippen molar-refractivity contribution in [3.8, 4) is 0 Å². The first kappa shape index (κ1) is 12.3. The molecule has 0 saturated carbocycles. The van der Waals surface area contributed by atoms with E-state index in [4.69, 9.17) is 16.3 Å². The van der Waals surface area contributed by atoms with E-state index < -0.39 is 4.92 Å². The third-order valence-electron chi connectivity index (χ3n) is 3.03. The van der Waals surface area contributed by atoms with E-state index in [-0.39, 0.29) is 11.1 Å². The molecule has 1 aromatic carbocycles. The van der Waals surface area contributed by atoms with E-state index in [1.54, 1.807) is 12.1 Å². The van der Waals surface area contributed by atoms with E-state index in [0.717, 1.165) is 25.0 Å². The van der Waals surface area contributed by atoms with E-state index >= 15 is 0 Å². The third-order valence-corrected chi connectivity index (χ3v) is 3.60. The minimum absolute atomic E-state index is 0.121. The fraction of sp³-hybridized carbons (Fsp3) is 0.500. The monoisotopic (exact) mass is 255 g/mol. The van der Waals surface area contributed by atoms with Crippen LogP contribution < -0.4 is 0 Å². The molecule has 0 aliphatic carbocycles. The van der Waals surface area contributed by atoms with Gasteiger partial charge < -0.3 is 4.74 Å². The van der Waals surface area contributed by atoms with Gasteiger partial charge >= 0.3 is 0 Å². The predicted molar refractivity (Wildman–Crippen MR) is 65.4 cm³/mol. The second-order valence-electron chi connectivity index (χ2n) is 4.27. The molecular formula is C12H14ClNO3. The topological polar surface area (TPSA) is 52.4 Å². The lowest BCUT2D eigenvalue weighted by Gasteiger charge is -2.27. The van der Waals surface area contributed by atoms with Crippen molar-refractivity contribution in [2.75, 3.05) is 13.2 Å². The second kappa shape index (κ2) is 5.47. The van der Waals surface area contributed by atoms with Crippen LogP contribution in [0, 0.1) is 16.0 Å². The molecule has 0 aromatic heterocycles. The summed E-state index contributed by atoms with van der Waals surface area (Å²) in [5.74, 6) is 0.298. The van der Waals surface area contributed by atoms with Crippen molar-refractivity contribution in [1.29, 1.82) is 0 Å². The van der Waals surface area contributed by atoms with Crippen LogP contribution in [-0.4, -0.2) is 23.5 Å². The van der Waals surface area contributed by atoms with Crippen molar-refractivity contribution >= 4 is 17.3 Å². The highest BCUT2D eigenvalue weighted by atomic mass is 35.5. The van der Waals surface area contributed by atoms with Gasteiger partial charge in [0.25, 0.3) is 5.69 Å². The third kappa shape index (κ3) is 3.17. The summed E-state index contributed by atoms with van der Waals surface area (Å²) in [5.41, 5.74) is 1.19. The molecule has 1 aliphatic rings. The molecular weight excluding hydrogens is 242 g/mol. The van der Waals surface area contributed by atoms with Gasteiger partial charge in [0.1, 0.15) is 0 Å². The summed E-state index contributed by atoms with van der Waals surface area (Å²) < 4.78 is 5.39. The maximum absolute atomic E-state index is 10.5. The zero-order valence-electron chi connectivity index (χ0n) is 9.34. The smallest absolute Gasteiger partial charge is 0.269 e. The molecule has 0 N–H and O–H groups in total. The lowest BCUT2D eigenvalue weighted by atomic mass is 9.93. The summed E-state index contributed by atoms with van der Waals surface area (Å²) in [4.78, 5) is 10.1. The summed E-state index contributed by atoms with van der Waals surface area (Å²) >= 11 is 6.23. The van der Waals surface area contributed by atoms with Gasteiger partial charge in [0.05, 0.1) is 11.5 Å². The first-order valence-electron chi connectivity index (χ1n) is 5.62. The molecule has 2 unspecified atom stereocenters. The maximum atomic E-state index is 10.5. The summed E-state index contributed by atoms with van der Waals surface area (Å²) in [7, 11) is 0. The Hall–Kier alpha value is -1.13. The number of hydrogen-bond acceptors (Lipinski definition) is 3. The van der Waals surface area contributed by atoms with Crippen molar-refractivity contribution in [1.82, 2.24) is 0 Å². The number of nitro groups is 1. The Morgan fingerprint density at radius 2 is 2.12 bits per heavy atom. The highest BCUT2D eigenvalue weighted by molar-refractivity contribution is 6.20. The molecule has 0 spiro atoms. The molecule has 4 nitrogen and oxygen atoms in total. The van der Waals surface area contributed by atoms with E-state index in [2.05, 4.69) is 0 Å². The van der Waals surface area contributed by atoms with Crippen LogP contribution in [0.5, 0.6) is 0 Å². The first-order chi connectivity index (χ1) is 8.16. The van der Waals surface area contributed by atoms with Gasteiger partial charge in [0, 0.05) is 30.0 Å². The van der Waals surface area contributed by atoms with Gasteiger partial charge in [-0.15, -0.1) is 11.6 Å². The first-order valence-corrected chi connectivity index (χ1v) is 6.05. The molecule has 17 heavy (non-hydrogen) atoms. The van der Waals surface area contributed by atoms with Gasteiger partial charge in [-0.3, -0.25) is 10.1 Å². The van der Waals surface area contributed by atoms with Crippen LogP contribution in [0.3, 0.4) is 0 Å². The average Bonchev–Trinajstić information content (AvgIpc) is 2.33. The molecule has 1 aromatic rings. The molecule has 0 radical (unpaired) electrons. The van der Waals surface area contributed by atoms with Crippen LogP contribution in [-0.2, 0) is 11.2 Å². The molecule has 1 heterocycles. The standard InChI is InChI=1S/C12H14ClNO3/c13-12-5-6-17-8-10(12)7-9-1-3-11(4-2-9)14(15)16/h1-4,10,12H,5-8H2. The normalized spacial score (nSPS) is 24.5. The summed E-state index contributed by atoms with van der Waals surface area (Å²) in [6.07, 6.45) is 1.69. The van der Waals surface area contributed by atoms with Crippen molar-refractivity contribution in [2.45, 2.75) is 18.2 Å². The van der Waals surface area contributed by atoms with E-state index in [1.165, 1.54) is 12.1 Å². The van der Waals surface area contributed by atoms with E-state index in [1.807, 2.05) is 0 Å². The summed E-state index contributed by atoms with van der Waals surface area (Å²) in [6, 6.07) is 6.64. The number of nitrogens with zero attached hydrogens (tertiary/aromatic N) is 1. The van der Waals surface area contributed by atoms with Crippen LogP contribution in [0.25, 0.3) is 0 Å². The van der Waals surface area contributed by atoms with Crippen molar-refractivity contribution in [3.63, 3.8) is 0 Å². The minimum Gasteiger partial charge on any atom is -0.381 e. The summed E-state index contributed by atoms with van der Waals surface area (Å²) in [5, 5.41) is 10.7. The number of nitro benzene ring substituents is 1. The number of halogens is 1. The molecule has 0 bridgehead atoms. The Bertz CT molecular complexity index is 393. The number of ether oxygens (including phenoxy) is 1. The molecule has 2 rings (SSSR count). The SMILES string of the molecule is O=[N+]([O-])c1ccc(CC2COCCC2Cl)cc1. The van der Waals surface area contributed by atoms with Gasteiger partial charge in [-0.1, -0.05) is 12.1 Å². The Morgan fingerprint density at radius 1 is 1.41 bits per heavy atom. The molecule has 1 saturated heterocycles. The quantitative estimate of drug-likeness (QED) is 0.474. The Balaban J connectivity index is 2.00. The maximum Gasteiger partial charge on any atom is 0.269 e. The van der Waals surface area contributed by atoms with Crippen LogP contribution in [0.2, 0.25) is 0 Å². The summed E-state index contributed by atoms with van der Waals surface area (Å²) in [6.45, 7) is 1.40. The molecule has 5 heteroatoms. The lowest BCUT2D eigenvalue weighted by molar-refractivity contribution is -0.384. The fourth-order valence-corrected chi connectivity index (χ4v) is 2.26. The minimum atomic E-state index is -0.391. The predicted octanol–water partition coefficient (Wildman–Crippen LogP) is 2.78. The van der Waals surface area contributed by atoms with Gasteiger partial charge in [0.2, 0.25) is 0 Å². The van der Waals surface area contributed by atoms with Gasteiger partial charge in [-0.2, -0.15) is 0 Å². The molecule has 1 fully saturated rings. The highest BCUT2D eigenvalue weighted by Gasteiger charge is 2.24. The van der Waals surface area contributed by atoms with Crippen LogP contribution in [0.15, 0.2) is 24.3 Å². The van der Waals surface area contributed by atoms with Crippen LogP contribution in [0.1, 0.15) is 12.0 Å². The van der Waals surface area contributed by atoms with E-state index in [9.17, 15) is 10.1 Å². The molecule has 0 amide bonds. The number of rotatable bonds is 3. The zero-order valence-corrected chi connectivity index (χ0v) is 10.1. The van der Waals surface area contributed by atoms with Crippen LogP contribution >= 0.6 is 11.6 Å². The number of non-ortho nitro benzene ring substituents is 1. The Labute approximate surface area is 105 Å². The number of alkyl halides is 1. The number of hydrogen-bond donors (Lipinski definition) is 0. The zero-order chi connectivity index (χ0) is 12.3. The van der Waals surface area contributed by atoms with Crippen molar-refractivity contribution in [2.24, 2.45) is 5.92 Å². The Morgan fingerprint density at radius 3 is 2.71 bits per heavy atom. The largest absolute Gasteiger partial charge is 0.381 e. The molecule has 92 valence electrons. The van der Waals surface area contributed by atoms with Crippen molar-refractivity contribution in [3.05, 3.63) is 39.9 Å². The van der Waals surface area contributed by atoms with Crippen LogP contribution in [0.4, 0.5) is 5.69 Å². The molecule has 1 aliphatic heterocycles. The van der Waals surface area contributed by atoms with Gasteiger partial charge in [0.15, 0.2) is 0 Å². The molecule has 2 atom stereocenters. The second-order valence-corrected chi connectivity index (χ2v) is 4.83. The highest BCUT2D eigenvalue weighted by Crippen LogP contribution is 2.24. The lowest BCUT2D eigenvalue weighted by Crippen LogP contribution is -2.29. The average molecular weight is 256 g/mol. The fourth-order valence-electron chi connectivity index (χ4n) is 2.01. The number of benzene rings is 1.